The monoisotopic (exact) mass is 463 g/mol. The molecule has 3 atom stereocenters. The lowest BCUT2D eigenvalue weighted by atomic mass is 10.0. The molecule has 2 rings (SSSR count). The van der Waals surface area contributed by atoms with Gasteiger partial charge >= 0.3 is 5.97 Å². The minimum Gasteiger partial charge on any atom is -0.508 e. The molecular weight excluding hydrogens is 434 g/mol. The van der Waals surface area contributed by atoms with Crippen LogP contribution in [-0.2, 0) is 30.4 Å². The van der Waals surface area contributed by atoms with E-state index in [0.717, 1.165) is 0 Å². The van der Waals surface area contributed by atoms with Crippen LogP contribution in [-0.4, -0.2) is 75.9 Å². The fourth-order valence-corrected chi connectivity index (χ4v) is 3.49. The van der Waals surface area contributed by atoms with Gasteiger partial charge in [-0.1, -0.05) is 12.1 Å². The highest BCUT2D eigenvalue weighted by atomic mass is 16.4. The van der Waals surface area contributed by atoms with Gasteiger partial charge in [0.05, 0.1) is 12.6 Å². The summed E-state index contributed by atoms with van der Waals surface area (Å²) in [7, 11) is 0. The summed E-state index contributed by atoms with van der Waals surface area (Å²) >= 11 is 0. The number of aromatic hydroxyl groups is 1. The zero-order valence-corrected chi connectivity index (χ0v) is 18.0. The van der Waals surface area contributed by atoms with Gasteiger partial charge in [-0.3, -0.25) is 19.2 Å². The third-order valence-corrected chi connectivity index (χ3v) is 5.32. The number of primary amides is 1. The van der Waals surface area contributed by atoms with Crippen LogP contribution in [0.5, 0.6) is 5.75 Å². The highest BCUT2D eigenvalue weighted by Gasteiger charge is 2.34. The van der Waals surface area contributed by atoms with Gasteiger partial charge in [0.25, 0.3) is 0 Å². The summed E-state index contributed by atoms with van der Waals surface area (Å²) < 4.78 is 0. The molecule has 0 bridgehead atoms. The highest BCUT2D eigenvalue weighted by molar-refractivity contribution is 5.93. The van der Waals surface area contributed by atoms with Crippen LogP contribution in [0.3, 0.4) is 0 Å². The minimum atomic E-state index is -1.11. The highest BCUT2D eigenvalue weighted by Crippen LogP contribution is 2.17. The molecule has 1 aromatic carbocycles. The first-order chi connectivity index (χ1) is 15.6. The van der Waals surface area contributed by atoms with Crippen LogP contribution in [0.25, 0.3) is 0 Å². The molecule has 0 spiro atoms. The predicted molar refractivity (Wildman–Crippen MR) is 116 cm³/mol. The van der Waals surface area contributed by atoms with E-state index in [2.05, 4.69) is 10.6 Å². The van der Waals surface area contributed by atoms with E-state index in [1.165, 1.54) is 17.0 Å². The largest absolute Gasteiger partial charge is 0.508 e. The number of carbonyl (C=O) groups is 5. The van der Waals surface area contributed by atoms with Crippen molar-refractivity contribution in [3.05, 3.63) is 29.8 Å². The summed E-state index contributed by atoms with van der Waals surface area (Å²) in [5.41, 5.74) is 11.5. The van der Waals surface area contributed by atoms with Crippen molar-refractivity contribution >= 4 is 29.6 Å². The third kappa shape index (κ3) is 7.75. The molecular formula is C21H29N5O7. The smallest absolute Gasteiger partial charge is 0.326 e. The van der Waals surface area contributed by atoms with Crippen molar-refractivity contribution in [1.29, 1.82) is 0 Å². The number of phenols is 1. The molecule has 1 aromatic rings. The molecule has 8 N–H and O–H groups in total. The molecule has 4 amide bonds. The second-order valence-corrected chi connectivity index (χ2v) is 7.84. The molecule has 0 aliphatic carbocycles. The van der Waals surface area contributed by atoms with Gasteiger partial charge in [0, 0.05) is 19.4 Å². The number of carboxylic acid groups (broad SMARTS) is 1. The number of nitrogens with one attached hydrogen (secondary N) is 2. The average molecular weight is 463 g/mol. The topological polar surface area (TPSA) is 205 Å². The number of hydrogen-bond acceptors (Lipinski definition) is 7. The molecule has 180 valence electrons. The number of nitrogens with two attached hydrogens (primary N) is 2. The van der Waals surface area contributed by atoms with Gasteiger partial charge in [-0.25, -0.2) is 4.79 Å². The Bertz CT molecular complexity index is 889. The first-order valence-corrected chi connectivity index (χ1v) is 10.5. The molecule has 33 heavy (non-hydrogen) atoms. The molecule has 0 saturated carbocycles. The van der Waals surface area contributed by atoms with Crippen LogP contribution >= 0.6 is 0 Å². The molecule has 1 aliphatic rings. The standard InChI is InChI=1S/C21H29N5O7/c22-14(7-8-17(23)28)19(30)25-15(10-12-3-5-13(27)6-4-12)20(31)24-11-18(29)26-9-1-2-16(26)21(32)33/h3-6,14-16,27H,1-2,7-11,22H2,(H2,23,28)(H,24,31)(H,25,30)(H,32,33). The number of phenolic OH excluding ortho intramolecular Hbond substituents is 1. The number of amides is 4. The van der Waals surface area contributed by atoms with Crippen LogP contribution in [0.1, 0.15) is 31.2 Å². The van der Waals surface area contributed by atoms with E-state index in [-0.39, 0.29) is 31.6 Å². The van der Waals surface area contributed by atoms with Gasteiger partial charge in [-0.05, 0) is 37.0 Å². The van der Waals surface area contributed by atoms with E-state index in [9.17, 15) is 34.2 Å². The van der Waals surface area contributed by atoms with Gasteiger partial charge < -0.3 is 37.2 Å². The van der Waals surface area contributed by atoms with Crippen molar-refractivity contribution in [3.63, 3.8) is 0 Å². The first kappa shape index (κ1) is 25.6. The summed E-state index contributed by atoms with van der Waals surface area (Å²) in [5, 5.41) is 23.6. The van der Waals surface area contributed by atoms with Crippen molar-refractivity contribution < 1.29 is 34.2 Å². The van der Waals surface area contributed by atoms with E-state index in [0.29, 0.717) is 18.4 Å². The molecule has 12 nitrogen and oxygen atoms in total. The number of benzene rings is 1. The van der Waals surface area contributed by atoms with Crippen molar-refractivity contribution in [2.24, 2.45) is 11.5 Å². The molecule has 3 unspecified atom stereocenters. The Kier molecular flexibility index (Phi) is 9.16. The predicted octanol–water partition coefficient (Wildman–Crippen LogP) is -1.80. The van der Waals surface area contributed by atoms with Crippen molar-refractivity contribution in [1.82, 2.24) is 15.5 Å². The second-order valence-electron chi connectivity index (χ2n) is 7.84. The Labute approximate surface area is 190 Å². The van der Waals surface area contributed by atoms with Crippen molar-refractivity contribution in [2.45, 2.75) is 50.2 Å². The fourth-order valence-electron chi connectivity index (χ4n) is 3.49. The number of likely N-dealkylation sites (tertiary alicyclic amines) is 1. The number of aliphatic carboxylic acids is 1. The van der Waals surface area contributed by atoms with Gasteiger partial charge in [-0.15, -0.1) is 0 Å². The van der Waals surface area contributed by atoms with Crippen molar-refractivity contribution in [3.8, 4) is 5.75 Å². The normalized spacial score (nSPS) is 17.1. The molecule has 0 aromatic heterocycles. The van der Waals surface area contributed by atoms with Crippen molar-refractivity contribution in [2.75, 3.05) is 13.1 Å². The van der Waals surface area contributed by atoms with Crippen LogP contribution in [0, 0.1) is 0 Å². The Morgan fingerprint density at radius 3 is 2.39 bits per heavy atom. The summed E-state index contributed by atoms with van der Waals surface area (Å²) in [6, 6.07) is 2.88. The maximum Gasteiger partial charge on any atom is 0.326 e. The SMILES string of the molecule is NC(=O)CCC(N)C(=O)NC(Cc1ccc(O)cc1)C(=O)NCC(=O)N1CCCC1C(=O)O. The molecule has 1 heterocycles. The summed E-state index contributed by atoms with van der Waals surface area (Å²) in [4.78, 5) is 61.1. The third-order valence-electron chi connectivity index (χ3n) is 5.32. The zero-order chi connectivity index (χ0) is 24.5. The first-order valence-electron chi connectivity index (χ1n) is 10.5. The maximum absolute atomic E-state index is 12.8. The van der Waals surface area contributed by atoms with Gasteiger partial charge in [0.1, 0.15) is 17.8 Å². The lowest BCUT2D eigenvalue weighted by molar-refractivity contribution is -0.148. The number of nitrogens with zero attached hydrogens (tertiary/aromatic N) is 1. The van der Waals surface area contributed by atoms with Crippen LogP contribution in [0.2, 0.25) is 0 Å². The zero-order valence-electron chi connectivity index (χ0n) is 18.0. The number of carbonyl (C=O) groups excluding carboxylic acids is 4. The van der Waals surface area contributed by atoms with E-state index in [4.69, 9.17) is 11.5 Å². The van der Waals surface area contributed by atoms with Crippen LogP contribution < -0.4 is 22.1 Å². The van der Waals surface area contributed by atoms with Crippen LogP contribution in [0.4, 0.5) is 0 Å². The summed E-state index contributed by atoms with van der Waals surface area (Å²) in [5.74, 6) is -3.57. The Morgan fingerprint density at radius 2 is 1.79 bits per heavy atom. The van der Waals surface area contributed by atoms with E-state index in [1.807, 2.05) is 0 Å². The number of carboxylic acids is 1. The second kappa shape index (κ2) is 11.8. The molecule has 1 fully saturated rings. The molecule has 1 aliphatic heterocycles. The minimum absolute atomic E-state index is 0.00125. The van der Waals surface area contributed by atoms with E-state index < -0.39 is 54.3 Å². The van der Waals surface area contributed by atoms with Gasteiger partial charge in [0.15, 0.2) is 0 Å². The number of rotatable bonds is 11. The lowest BCUT2D eigenvalue weighted by Crippen LogP contribution is -2.54. The van der Waals surface area contributed by atoms with E-state index in [1.54, 1.807) is 12.1 Å². The van der Waals surface area contributed by atoms with E-state index >= 15 is 0 Å². The quantitative estimate of drug-likeness (QED) is 0.220. The average Bonchev–Trinajstić information content (AvgIpc) is 3.27. The fraction of sp³-hybridized carbons (Fsp3) is 0.476. The molecule has 12 heteroatoms. The van der Waals surface area contributed by atoms with Gasteiger partial charge in [0.2, 0.25) is 23.6 Å². The molecule has 1 saturated heterocycles. The Morgan fingerprint density at radius 1 is 1.12 bits per heavy atom. The summed E-state index contributed by atoms with van der Waals surface area (Å²) in [6.45, 7) is -0.146. The summed E-state index contributed by atoms with van der Waals surface area (Å²) in [6.07, 6.45) is 0.838. The Balaban J connectivity index is 2.04. The maximum atomic E-state index is 12.8. The molecule has 0 radical (unpaired) electrons. The lowest BCUT2D eigenvalue weighted by Gasteiger charge is -2.23. The van der Waals surface area contributed by atoms with Gasteiger partial charge in [-0.2, -0.15) is 0 Å². The number of hydrogen-bond donors (Lipinski definition) is 6. The Hall–Kier alpha value is -3.67. The van der Waals surface area contributed by atoms with Crippen LogP contribution in [0.15, 0.2) is 24.3 Å².